The number of aromatic nitrogens is 2. The molecule has 1 saturated heterocycles. The average molecular weight is 411 g/mol. The first-order valence-electron chi connectivity index (χ1n) is 10.2. The van der Waals surface area contributed by atoms with Gasteiger partial charge in [-0.05, 0) is 62.1 Å². The molecule has 0 spiro atoms. The Balaban J connectivity index is 1.36. The topological polar surface area (TPSA) is 50.3 Å². The summed E-state index contributed by atoms with van der Waals surface area (Å²) in [5.74, 6) is 1.89. The number of halogens is 1. The molecule has 1 fully saturated rings. The van der Waals surface area contributed by atoms with Gasteiger partial charge < -0.3 is 10.1 Å². The molecule has 2 aromatic carbocycles. The molecule has 0 aliphatic carbocycles. The van der Waals surface area contributed by atoms with Gasteiger partial charge in [0.25, 0.3) is 0 Å². The molecule has 0 radical (unpaired) electrons. The van der Waals surface area contributed by atoms with Crippen LogP contribution in [0.1, 0.15) is 30.9 Å². The van der Waals surface area contributed by atoms with E-state index in [2.05, 4.69) is 45.3 Å². The van der Waals surface area contributed by atoms with E-state index in [1.54, 1.807) is 6.33 Å². The predicted octanol–water partition coefficient (Wildman–Crippen LogP) is 5.07. The van der Waals surface area contributed by atoms with Crippen LogP contribution in [0, 0.1) is 6.92 Å². The number of fused-ring (bicyclic) bond motifs is 1. The van der Waals surface area contributed by atoms with Gasteiger partial charge in [-0.25, -0.2) is 9.97 Å². The second-order valence-electron chi connectivity index (χ2n) is 7.61. The normalized spacial score (nSPS) is 15.6. The molecule has 4 rings (SSSR count). The van der Waals surface area contributed by atoms with Crippen molar-refractivity contribution in [3.05, 3.63) is 58.9 Å². The van der Waals surface area contributed by atoms with E-state index in [4.69, 9.17) is 16.3 Å². The van der Waals surface area contributed by atoms with Gasteiger partial charge in [-0.1, -0.05) is 23.7 Å². The Morgan fingerprint density at radius 2 is 1.97 bits per heavy atom. The molecule has 5 nitrogen and oxygen atoms in total. The molecule has 3 aromatic rings. The van der Waals surface area contributed by atoms with Gasteiger partial charge in [0.1, 0.15) is 17.9 Å². The van der Waals surface area contributed by atoms with Crippen molar-refractivity contribution in [2.75, 3.05) is 25.0 Å². The Hall–Kier alpha value is -2.37. The molecule has 29 heavy (non-hydrogen) atoms. The second-order valence-corrected chi connectivity index (χ2v) is 8.05. The van der Waals surface area contributed by atoms with Crippen molar-refractivity contribution >= 4 is 28.3 Å². The van der Waals surface area contributed by atoms with E-state index in [1.165, 1.54) is 11.1 Å². The van der Waals surface area contributed by atoms with E-state index >= 15 is 0 Å². The summed E-state index contributed by atoms with van der Waals surface area (Å²) in [6.45, 7) is 7.90. The third kappa shape index (κ3) is 4.80. The number of ether oxygens (including phenoxy) is 1. The van der Waals surface area contributed by atoms with Gasteiger partial charge in [-0.15, -0.1) is 0 Å². The molecular weight excluding hydrogens is 384 g/mol. The monoisotopic (exact) mass is 410 g/mol. The number of rotatable bonds is 6. The van der Waals surface area contributed by atoms with Crippen LogP contribution in [0.3, 0.4) is 0 Å². The van der Waals surface area contributed by atoms with E-state index in [0.29, 0.717) is 17.7 Å². The van der Waals surface area contributed by atoms with Crippen molar-refractivity contribution in [1.29, 1.82) is 0 Å². The number of likely N-dealkylation sites (tertiary alicyclic amines) is 1. The number of nitrogens with zero attached hydrogens (tertiary/aromatic N) is 3. The number of anilines is 1. The van der Waals surface area contributed by atoms with Gasteiger partial charge in [0, 0.05) is 36.1 Å². The van der Waals surface area contributed by atoms with E-state index in [9.17, 15) is 0 Å². The standard InChI is InChI=1S/C23H27ClN4O/c1-3-29-22-12-17(5-4-16(22)2)14-28-10-8-19(9-11-28)27-23-20-7-6-18(24)13-21(20)25-15-26-23/h4-7,12-13,15,19H,3,8-11,14H2,1-2H3,(H,25,26,27). The maximum atomic E-state index is 6.09. The van der Waals surface area contributed by atoms with E-state index in [-0.39, 0.29) is 0 Å². The Morgan fingerprint density at radius 1 is 1.14 bits per heavy atom. The second kappa shape index (κ2) is 8.97. The zero-order valence-corrected chi connectivity index (χ0v) is 17.7. The van der Waals surface area contributed by atoms with Crippen LogP contribution in [0.15, 0.2) is 42.7 Å². The lowest BCUT2D eigenvalue weighted by Gasteiger charge is -2.32. The molecule has 0 amide bonds. The Bertz CT molecular complexity index is 986. The maximum Gasteiger partial charge on any atom is 0.137 e. The Labute approximate surface area is 177 Å². The van der Waals surface area contributed by atoms with Crippen LogP contribution in [-0.2, 0) is 6.54 Å². The first-order valence-corrected chi connectivity index (χ1v) is 10.6. The van der Waals surface area contributed by atoms with Crippen LogP contribution in [-0.4, -0.2) is 40.6 Å². The Kier molecular flexibility index (Phi) is 6.16. The minimum Gasteiger partial charge on any atom is -0.494 e. The molecule has 152 valence electrons. The molecule has 2 heterocycles. The quantitative estimate of drug-likeness (QED) is 0.615. The lowest BCUT2D eigenvalue weighted by atomic mass is 10.0. The lowest BCUT2D eigenvalue weighted by molar-refractivity contribution is 0.211. The summed E-state index contributed by atoms with van der Waals surface area (Å²) < 4.78 is 5.74. The summed E-state index contributed by atoms with van der Waals surface area (Å²) in [7, 11) is 0. The van der Waals surface area contributed by atoms with Gasteiger partial charge in [0.15, 0.2) is 0 Å². The zero-order chi connectivity index (χ0) is 20.2. The van der Waals surface area contributed by atoms with Gasteiger partial charge >= 0.3 is 0 Å². The van der Waals surface area contributed by atoms with Crippen LogP contribution in [0.2, 0.25) is 5.02 Å². The fourth-order valence-electron chi connectivity index (χ4n) is 3.89. The number of benzene rings is 2. The highest BCUT2D eigenvalue weighted by Gasteiger charge is 2.20. The molecule has 1 aromatic heterocycles. The molecule has 0 bridgehead atoms. The molecule has 1 aliphatic heterocycles. The van der Waals surface area contributed by atoms with E-state index in [1.807, 2.05) is 25.1 Å². The van der Waals surface area contributed by atoms with Crippen molar-refractivity contribution in [1.82, 2.24) is 14.9 Å². The molecule has 0 unspecified atom stereocenters. The minimum absolute atomic E-state index is 0.414. The minimum atomic E-state index is 0.414. The van der Waals surface area contributed by atoms with Gasteiger partial charge in [0.05, 0.1) is 12.1 Å². The molecule has 1 aliphatic rings. The summed E-state index contributed by atoms with van der Waals surface area (Å²) >= 11 is 6.09. The summed E-state index contributed by atoms with van der Waals surface area (Å²) in [4.78, 5) is 11.3. The zero-order valence-electron chi connectivity index (χ0n) is 17.0. The van der Waals surface area contributed by atoms with Crippen molar-refractivity contribution in [3.8, 4) is 5.75 Å². The maximum absolute atomic E-state index is 6.09. The number of hydrogen-bond acceptors (Lipinski definition) is 5. The summed E-state index contributed by atoms with van der Waals surface area (Å²) in [6, 6.07) is 12.7. The number of hydrogen-bond donors (Lipinski definition) is 1. The van der Waals surface area contributed by atoms with Crippen molar-refractivity contribution in [2.45, 2.75) is 39.3 Å². The molecule has 0 atom stereocenters. The van der Waals surface area contributed by atoms with Crippen molar-refractivity contribution in [2.24, 2.45) is 0 Å². The number of aryl methyl sites for hydroxylation is 1. The van der Waals surface area contributed by atoms with E-state index in [0.717, 1.165) is 54.9 Å². The van der Waals surface area contributed by atoms with E-state index < -0.39 is 0 Å². The highest BCUT2D eigenvalue weighted by Crippen LogP contribution is 2.26. The van der Waals surface area contributed by atoms with Crippen molar-refractivity contribution < 1.29 is 4.74 Å². The van der Waals surface area contributed by atoms with Crippen molar-refractivity contribution in [3.63, 3.8) is 0 Å². The highest BCUT2D eigenvalue weighted by molar-refractivity contribution is 6.31. The summed E-state index contributed by atoms with van der Waals surface area (Å²) in [5, 5.41) is 5.33. The third-order valence-electron chi connectivity index (χ3n) is 5.49. The molecule has 0 saturated carbocycles. The van der Waals surface area contributed by atoms with Crippen LogP contribution in [0.4, 0.5) is 5.82 Å². The Morgan fingerprint density at radius 3 is 2.76 bits per heavy atom. The number of nitrogens with one attached hydrogen (secondary N) is 1. The third-order valence-corrected chi connectivity index (χ3v) is 5.72. The largest absolute Gasteiger partial charge is 0.494 e. The first kappa shape index (κ1) is 19.9. The van der Waals surface area contributed by atoms with Gasteiger partial charge in [-0.3, -0.25) is 4.90 Å². The number of piperidine rings is 1. The van der Waals surface area contributed by atoms with Gasteiger partial charge in [0.2, 0.25) is 0 Å². The summed E-state index contributed by atoms with van der Waals surface area (Å²) in [6.07, 6.45) is 3.77. The van der Waals surface area contributed by atoms with Gasteiger partial charge in [-0.2, -0.15) is 0 Å². The van der Waals surface area contributed by atoms with Crippen LogP contribution >= 0.6 is 11.6 Å². The fraction of sp³-hybridized carbons (Fsp3) is 0.391. The van der Waals surface area contributed by atoms with Crippen LogP contribution in [0.5, 0.6) is 5.75 Å². The highest BCUT2D eigenvalue weighted by atomic mass is 35.5. The molecule has 6 heteroatoms. The average Bonchev–Trinajstić information content (AvgIpc) is 2.72. The fourth-order valence-corrected chi connectivity index (χ4v) is 4.05. The SMILES string of the molecule is CCOc1cc(CN2CCC(Nc3ncnc4cc(Cl)ccc34)CC2)ccc1C. The smallest absolute Gasteiger partial charge is 0.137 e. The first-order chi connectivity index (χ1) is 14.1. The molecular formula is C23H27ClN4O. The summed E-state index contributed by atoms with van der Waals surface area (Å²) in [5.41, 5.74) is 3.37. The lowest BCUT2D eigenvalue weighted by Crippen LogP contribution is -2.38. The predicted molar refractivity (Wildman–Crippen MR) is 119 cm³/mol. The van der Waals surface area contributed by atoms with Crippen LogP contribution < -0.4 is 10.1 Å². The van der Waals surface area contributed by atoms with Crippen LogP contribution in [0.25, 0.3) is 10.9 Å². The molecule has 1 N–H and O–H groups in total.